The fourth-order valence-corrected chi connectivity index (χ4v) is 3.93. The lowest BCUT2D eigenvalue weighted by Gasteiger charge is -2.25. The quantitative estimate of drug-likeness (QED) is 0.769. The predicted octanol–water partition coefficient (Wildman–Crippen LogP) is 2.26. The van der Waals surface area contributed by atoms with E-state index in [4.69, 9.17) is 14.6 Å². The van der Waals surface area contributed by atoms with Gasteiger partial charge in [-0.05, 0) is 57.4 Å². The van der Waals surface area contributed by atoms with Crippen LogP contribution >= 0.6 is 0 Å². The van der Waals surface area contributed by atoms with Crippen LogP contribution in [0.4, 0.5) is 0 Å². The zero-order chi connectivity index (χ0) is 19.9. The molecule has 28 heavy (non-hydrogen) atoms. The van der Waals surface area contributed by atoms with Crippen molar-refractivity contribution >= 4 is 11.9 Å². The number of carboxylic acid groups (broad SMARTS) is 1. The Bertz CT molecular complexity index is 675. The van der Waals surface area contributed by atoms with Crippen LogP contribution in [-0.2, 0) is 9.53 Å². The maximum Gasteiger partial charge on any atom is 0.317 e. The van der Waals surface area contributed by atoms with E-state index in [2.05, 4.69) is 0 Å². The molecular weight excluding hydrogens is 360 g/mol. The van der Waals surface area contributed by atoms with Crippen LogP contribution in [0, 0.1) is 0 Å². The van der Waals surface area contributed by atoms with E-state index in [-0.39, 0.29) is 24.6 Å². The second-order valence-corrected chi connectivity index (χ2v) is 7.66. The number of amides is 1. The predicted molar refractivity (Wildman–Crippen MR) is 105 cm³/mol. The third-order valence-electron chi connectivity index (χ3n) is 5.53. The second-order valence-electron chi connectivity index (χ2n) is 7.66. The molecule has 3 rings (SSSR count). The van der Waals surface area contributed by atoms with Crippen molar-refractivity contribution in [2.45, 2.75) is 44.2 Å². The van der Waals surface area contributed by atoms with Crippen LogP contribution in [0.1, 0.15) is 42.5 Å². The summed E-state index contributed by atoms with van der Waals surface area (Å²) < 4.78 is 11.4. The first kappa shape index (κ1) is 20.6. The third-order valence-corrected chi connectivity index (χ3v) is 5.53. The molecule has 2 aliphatic heterocycles. The zero-order valence-electron chi connectivity index (χ0n) is 16.5. The van der Waals surface area contributed by atoms with Gasteiger partial charge in [-0.2, -0.15) is 0 Å². The summed E-state index contributed by atoms with van der Waals surface area (Å²) >= 11 is 0. The highest BCUT2D eigenvalue weighted by Gasteiger charge is 2.25. The standard InChI is InChI=1S/C21H30N2O5/c1-22(14-20(24)25)17-6-3-10-23(11-9-17)21(26)16-5-2-7-18(13-16)28-15-19-8-4-12-27-19/h2,5,7,13,17,19H,3-4,6,8-12,14-15H2,1H3,(H,24,25). The van der Waals surface area contributed by atoms with Gasteiger partial charge < -0.3 is 19.5 Å². The van der Waals surface area contributed by atoms with E-state index in [1.807, 2.05) is 35.0 Å². The molecule has 1 N–H and O–H groups in total. The van der Waals surface area contributed by atoms with Crippen LogP contribution in [0.2, 0.25) is 0 Å². The largest absolute Gasteiger partial charge is 0.491 e. The van der Waals surface area contributed by atoms with Crippen molar-refractivity contribution in [3.8, 4) is 5.75 Å². The Balaban J connectivity index is 1.55. The summed E-state index contributed by atoms with van der Waals surface area (Å²) in [6, 6.07) is 7.52. The van der Waals surface area contributed by atoms with Crippen molar-refractivity contribution in [3.63, 3.8) is 0 Å². The SMILES string of the molecule is CN(CC(=O)O)C1CCCN(C(=O)c2cccc(OCC3CCCO3)c2)CC1. The molecule has 0 bridgehead atoms. The number of aliphatic carboxylic acids is 1. The Kier molecular flexibility index (Phi) is 7.28. The average Bonchev–Trinajstić information content (AvgIpc) is 3.08. The number of likely N-dealkylation sites (N-methyl/N-ethyl adjacent to an activating group) is 1. The number of carboxylic acids is 1. The van der Waals surface area contributed by atoms with Crippen molar-refractivity contribution in [1.82, 2.24) is 9.80 Å². The van der Waals surface area contributed by atoms with Gasteiger partial charge in [0.25, 0.3) is 5.91 Å². The molecule has 7 heteroatoms. The molecule has 2 atom stereocenters. The topological polar surface area (TPSA) is 79.3 Å². The fourth-order valence-electron chi connectivity index (χ4n) is 3.93. The van der Waals surface area contributed by atoms with Crippen LogP contribution in [0.3, 0.4) is 0 Å². The first-order chi connectivity index (χ1) is 13.5. The summed E-state index contributed by atoms with van der Waals surface area (Å²) in [6.07, 6.45) is 4.79. The van der Waals surface area contributed by atoms with Gasteiger partial charge >= 0.3 is 5.97 Å². The molecule has 154 valence electrons. The smallest absolute Gasteiger partial charge is 0.317 e. The van der Waals surface area contributed by atoms with Gasteiger partial charge in [0.15, 0.2) is 0 Å². The summed E-state index contributed by atoms with van der Waals surface area (Å²) in [5.74, 6) is -0.126. The Morgan fingerprint density at radius 2 is 2.11 bits per heavy atom. The van der Waals surface area contributed by atoms with Crippen molar-refractivity contribution in [2.24, 2.45) is 0 Å². The van der Waals surface area contributed by atoms with Crippen molar-refractivity contribution < 1.29 is 24.2 Å². The molecule has 1 aromatic rings. The molecule has 0 saturated carbocycles. The first-order valence-corrected chi connectivity index (χ1v) is 10.1. The number of benzene rings is 1. The summed E-state index contributed by atoms with van der Waals surface area (Å²) in [6.45, 7) is 2.66. The van der Waals surface area contributed by atoms with E-state index >= 15 is 0 Å². The van der Waals surface area contributed by atoms with E-state index in [1.54, 1.807) is 6.07 Å². The van der Waals surface area contributed by atoms with Gasteiger partial charge in [0.05, 0.1) is 12.6 Å². The first-order valence-electron chi connectivity index (χ1n) is 10.1. The summed E-state index contributed by atoms with van der Waals surface area (Å²) in [4.78, 5) is 27.6. The maximum atomic E-state index is 13.0. The lowest BCUT2D eigenvalue weighted by molar-refractivity contribution is -0.138. The van der Waals surface area contributed by atoms with Crippen LogP contribution in [0.25, 0.3) is 0 Å². The van der Waals surface area contributed by atoms with Gasteiger partial charge in [0.2, 0.25) is 0 Å². The van der Waals surface area contributed by atoms with Crippen LogP contribution in [0.5, 0.6) is 5.75 Å². The fraction of sp³-hybridized carbons (Fsp3) is 0.619. The molecule has 2 fully saturated rings. The van der Waals surface area contributed by atoms with E-state index in [1.165, 1.54) is 0 Å². The monoisotopic (exact) mass is 390 g/mol. The molecule has 7 nitrogen and oxygen atoms in total. The molecule has 2 heterocycles. The van der Waals surface area contributed by atoms with E-state index in [0.29, 0.717) is 31.0 Å². The molecule has 0 radical (unpaired) electrons. The molecule has 1 aromatic carbocycles. The Labute approximate surface area is 166 Å². The molecule has 0 spiro atoms. The van der Waals surface area contributed by atoms with E-state index < -0.39 is 5.97 Å². The second kappa shape index (κ2) is 9.89. The molecule has 1 amide bonds. The minimum absolute atomic E-state index is 0.00380. The molecule has 2 unspecified atom stereocenters. The summed E-state index contributed by atoms with van der Waals surface area (Å²) in [5.41, 5.74) is 0.627. The molecule has 0 aromatic heterocycles. The zero-order valence-corrected chi connectivity index (χ0v) is 16.5. The molecule has 0 aliphatic carbocycles. The number of carbonyl (C=O) groups is 2. The van der Waals surface area contributed by atoms with Crippen LogP contribution in [-0.4, -0.2) is 78.8 Å². The van der Waals surface area contributed by atoms with Gasteiger partial charge in [-0.1, -0.05) is 6.07 Å². The van der Waals surface area contributed by atoms with E-state index in [0.717, 1.165) is 38.7 Å². The van der Waals surface area contributed by atoms with Crippen LogP contribution < -0.4 is 4.74 Å². The van der Waals surface area contributed by atoms with Gasteiger partial charge in [-0.25, -0.2) is 0 Å². The lowest BCUT2D eigenvalue weighted by Crippen LogP contribution is -2.37. The van der Waals surface area contributed by atoms with Gasteiger partial charge in [-0.15, -0.1) is 0 Å². The Morgan fingerprint density at radius 3 is 2.86 bits per heavy atom. The number of nitrogens with zero attached hydrogens (tertiary/aromatic N) is 2. The van der Waals surface area contributed by atoms with Gasteiger partial charge in [0.1, 0.15) is 12.4 Å². The maximum absolute atomic E-state index is 13.0. The number of rotatable bonds is 7. The third kappa shape index (κ3) is 5.69. The number of hydrogen-bond acceptors (Lipinski definition) is 5. The Hall–Kier alpha value is -2.12. The minimum atomic E-state index is -0.820. The number of ether oxygens (including phenoxy) is 2. The molecule has 2 saturated heterocycles. The van der Waals surface area contributed by atoms with Crippen molar-refractivity contribution in [3.05, 3.63) is 29.8 Å². The number of hydrogen-bond donors (Lipinski definition) is 1. The highest BCUT2D eigenvalue weighted by molar-refractivity contribution is 5.94. The van der Waals surface area contributed by atoms with Gasteiger partial charge in [0, 0.05) is 31.3 Å². The Morgan fingerprint density at radius 1 is 1.25 bits per heavy atom. The normalized spacial score (nSPS) is 22.9. The average molecular weight is 390 g/mol. The summed E-state index contributed by atoms with van der Waals surface area (Å²) in [7, 11) is 1.84. The molecular formula is C21H30N2O5. The lowest BCUT2D eigenvalue weighted by atomic mass is 10.1. The molecule has 2 aliphatic rings. The van der Waals surface area contributed by atoms with Gasteiger partial charge in [-0.3, -0.25) is 14.5 Å². The van der Waals surface area contributed by atoms with Crippen molar-refractivity contribution in [1.29, 1.82) is 0 Å². The number of carbonyl (C=O) groups excluding carboxylic acids is 1. The van der Waals surface area contributed by atoms with Crippen LogP contribution in [0.15, 0.2) is 24.3 Å². The van der Waals surface area contributed by atoms with E-state index in [9.17, 15) is 9.59 Å². The van der Waals surface area contributed by atoms with Crippen molar-refractivity contribution in [2.75, 3.05) is 39.9 Å². The summed E-state index contributed by atoms with van der Waals surface area (Å²) in [5, 5.41) is 8.99. The highest BCUT2D eigenvalue weighted by atomic mass is 16.5. The number of likely N-dealkylation sites (tertiary alicyclic amines) is 1. The highest BCUT2D eigenvalue weighted by Crippen LogP contribution is 2.21. The minimum Gasteiger partial charge on any atom is -0.491 e.